The number of hydrogen-bond donors (Lipinski definition) is 0. The monoisotopic (exact) mass is 303 g/mol. The molecular weight excluding hydrogens is 300 g/mol. The average Bonchev–Trinajstić information content (AvgIpc) is 2.01. The van der Waals surface area contributed by atoms with Crippen LogP contribution in [-0.4, -0.2) is 12.1 Å². The van der Waals surface area contributed by atoms with Crippen LogP contribution in [0.4, 0.5) is 0 Å². The largest absolute Gasteiger partial charge is 0.480 e. The molecule has 0 fully saturated rings. The Balaban J connectivity index is 3.25. The lowest BCUT2D eigenvalue weighted by Gasteiger charge is -2.03. The van der Waals surface area contributed by atoms with E-state index in [9.17, 15) is 0 Å². The highest BCUT2D eigenvalue weighted by molar-refractivity contribution is 14.1. The zero-order valence-corrected chi connectivity index (χ0v) is 9.24. The van der Waals surface area contributed by atoms with Gasteiger partial charge in [-0.3, -0.25) is 0 Å². The summed E-state index contributed by atoms with van der Waals surface area (Å²) in [6.07, 6.45) is 1.51. The summed E-state index contributed by atoms with van der Waals surface area (Å²) in [7, 11) is 1.51. The molecule has 0 N–H and O–H groups in total. The smallest absolute Gasteiger partial charge is 0.233 e. The molecule has 0 aliphatic carbocycles. The maximum Gasteiger partial charge on any atom is 0.233 e. The summed E-state index contributed by atoms with van der Waals surface area (Å²) in [6, 6.07) is 0. The van der Waals surface area contributed by atoms with Crippen LogP contribution in [0, 0.1) is 3.57 Å². The summed E-state index contributed by atoms with van der Waals surface area (Å²) < 4.78 is 5.64. The van der Waals surface area contributed by atoms with Crippen molar-refractivity contribution in [3.63, 3.8) is 0 Å². The molecule has 0 radical (unpaired) electrons. The van der Waals surface area contributed by atoms with Crippen LogP contribution in [0.5, 0.6) is 5.88 Å². The minimum absolute atomic E-state index is 0.403. The van der Waals surface area contributed by atoms with E-state index in [1.807, 2.05) is 22.6 Å². The molecule has 0 saturated carbocycles. The first kappa shape index (κ1) is 9.35. The van der Waals surface area contributed by atoms with Crippen molar-refractivity contribution in [2.45, 2.75) is 0 Å². The van der Waals surface area contributed by atoms with Crippen LogP contribution in [-0.2, 0) is 0 Å². The van der Waals surface area contributed by atoms with E-state index in [0.717, 1.165) is 3.57 Å². The van der Waals surface area contributed by atoms with Gasteiger partial charge in [0, 0.05) is 0 Å². The molecule has 0 atom stereocenters. The summed E-state index contributed by atoms with van der Waals surface area (Å²) in [5.74, 6) is 0.403. The molecule has 1 aromatic rings. The van der Waals surface area contributed by atoms with Gasteiger partial charge >= 0.3 is 0 Å². The fraction of sp³-hybridized carbons (Fsp3) is 0.167. The highest BCUT2D eigenvalue weighted by atomic mass is 127. The predicted octanol–water partition coefficient (Wildman–Crippen LogP) is 3.00. The molecule has 0 spiro atoms. The van der Waals surface area contributed by atoms with Gasteiger partial charge in [-0.15, -0.1) is 0 Å². The van der Waals surface area contributed by atoms with Crippen molar-refractivity contribution in [2.75, 3.05) is 7.11 Å². The first-order valence-electron chi connectivity index (χ1n) is 2.70. The van der Waals surface area contributed by atoms with Crippen molar-refractivity contribution in [3.05, 3.63) is 19.8 Å². The molecule has 11 heavy (non-hydrogen) atoms. The van der Waals surface area contributed by atoms with Crippen molar-refractivity contribution in [1.29, 1.82) is 0 Å². The Kier molecular flexibility index (Phi) is 3.21. The first-order chi connectivity index (χ1) is 5.16. The molecule has 60 valence electrons. The van der Waals surface area contributed by atoms with Crippen LogP contribution in [0.1, 0.15) is 0 Å². The highest BCUT2D eigenvalue weighted by Gasteiger charge is 2.08. The fourth-order valence-electron chi connectivity index (χ4n) is 0.570. The lowest BCUT2D eigenvalue weighted by molar-refractivity contribution is 0.398. The Morgan fingerprint density at radius 3 is 2.73 bits per heavy atom. The summed E-state index contributed by atoms with van der Waals surface area (Å²) in [4.78, 5) is 3.87. The van der Waals surface area contributed by atoms with Gasteiger partial charge in [0.05, 0.1) is 21.9 Å². The highest BCUT2D eigenvalue weighted by Crippen LogP contribution is 2.31. The van der Waals surface area contributed by atoms with Crippen LogP contribution >= 0.6 is 45.8 Å². The quantitative estimate of drug-likeness (QED) is 0.744. The second kappa shape index (κ2) is 3.78. The maximum absolute atomic E-state index is 5.82. The predicted molar refractivity (Wildman–Crippen MR) is 53.5 cm³/mol. The van der Waals surface area contributed by atoms with Gasteiger partial charge in [-0.2, -0.15) is 0 Å². The van der Waals surface area contributed by atoms with Crippen molar-refractivity contribution < 1.29 is 4.74 Å². The molecule has 5 heteroatoms. The third kappa shape index (κ3) is 1.89. The number of methoxy groups -OCH3 is 1. The Hall–Kier alpha value is 0.260. The number of nitrogens with zero attached hydrogens (tertiary/aromatic N) is 1. The molecule has 0 aliphatic rings. The van der Waals surface area contributed by atoms with Gasteiger partial charge in [-0.1, -0.05) is 23.2 Å². The maximum atomic E-state index is 5.82. The number of ether oxygens (including phenoxy) is 1. The molecule has 0 unspecified atom stereocenters. The van der Waals surface area contributed by atoms with Gasteiger partial charge in [0.1, 0.15) is 5.02 Å². The lowest BCUT2D eigenvalue weighted by atomic mass is 10.5. The number of aromatic nitrogens is 1. The van der Waals surface area contributed by atoms with Gasteiger partial charge in [0.15, 0.2) is 0 Å². The average molecular weight is 304 g/mol. The summed E-state index contributed by atoms with van der Waals surface area (Å²) in [6.45, 7) is 0. The van der Waals surface area contributed by atoms with E-state index in [0.29, 0.717) is 15.9 Å². The van der Waals surface area contributed by atoms with Crippen LogP contribution in [0.2, 0.25) is 10.0 Å². The third-order valence-corrected chi connectivity index (χ3v) is 3.47. The van der Waals surface area contributed by atoms with Gasteiger partial charge in [-0.25, -0.2) is 4.98 Å². The van der Waals surface area contributed by atoms with Gasteiger partial charge in [0.2, 0.25) is 5.88 Å². The van der Waals surface area contributed by atoms with Gasteiger partial charge in [0.25, 0.3) is 0 Å². The molecule has 0 aliphatic heterocycles. The van der Waals surface area contributed by atoms with E-state index in [1.165, 1.54) is 13.3 Å². The van der Waals surface area contributed by atoms with Gasteiger partial charge in [-0.05, 0) is 22.6 Å². The van der Waals surface area contributed by atoms with Crippen molar-refractivity contribution >= 4 is 45.8 Å². The number of halogens is 3. The molecule has 1 rings (SSSR count). The minimum Gasteiger partial charge on any atom is -0.480 e. The Morgan fingerprint density at radius 1 is 1.55 bits per heavy atom. The van der Waals surface area contributed by atoms with Crippen molar-refractivity contribution in [2.24, 2.45) is 0 Å². The fourth-order valence-corrected chi connectivity index (χ4v) is 1.36. The minimum atomic E-state index is 0.403. The van der Waals surface area contributed by atoms with E-state index < -0.39 is 0 Å². The molecule has 2 nitrogen and oxygen atoms in total. The number of pyridine rings is 1. The molecule has 0 saturated heterocycles. The molecule has 1 aromatic heterocycles. The normalized spacial score (nSPS) is 9.82. The summed E-state index contributed by atoms with van der Waals surface area (Å²) in [5.41, 5.74) is 0. The Morgan fingerprint density at radius 2 is 2.18 bits per heavy atom. The summed E-state index contributed by atoms with van der Waals surface area (Å²) >= 11 is 13.6. The molecule has 1 heterocycles. The van der Waals surface area contributed by atoms with Crippen LogP contribution in [0.15, 0.2) is 6.20 Å². The van der Waals surface area contributed by atoms with E-state index in [-0.39, 0.29) is 0 Å². The zero-order chi connectivity index (χ0) is 8.43. The SMILES string of the molecule is COc1ncc(Cl)c(I)c1Cl. The number of rotatable bonds is 1. The van der Waals surface area contributed by atoms with Gasteiger partial charge < -0.3 is 4.74 Å². The summed E-state index contributed by atoms with van der Waals surface area (Å²) in [5, 5.41) is 0.997. The lowest BCUT2D eigenvalue weighted by Crippen LogP contribution is -1.90. The van der Waals surface area contributed by atoms with E-state index in [4.69, 9.17) is 27.9 Å². The standard InChI is InChI=1S/C6H4Cl2INO/c1-11-6-4(8)5(9)3(7)2-10-6/h2H,1H3. The topological polar surface area (TPSA) is 22.1 Å². The molecule has 0 aromatic carbocycles. The Labute approximate surface area is 88.0 Å². The Bertz CT molecular complexity index is 280. The first-order valence-corrected chi connectivity index (χ1v) is 4.53. The third-order valence-electron chi connectivity index (χ3n) is 1.08. The number of hydrogen-bond acceptors (Lipinski definition) is 2. The van der Waals surface area contributed by atoms with Crippen LogP contribution in [0.3, 0.4) is 0 Å². The van der Waals surface area contributed by atoms with Crippen LogP contribution < -0.4 is 4.74 Å². The van der Waals surface area contributed by atoms with E-state index in [2.05, 4.69) is 4.98 Å². The second-order valence-corrected chi connectivity index (χ2v) is 3.61. The second-order valence-electron chi connectivity index (χ2n) is 1.74. The van der Waals surface area contributed by atoms with E-state index in [1.54, 1.807) is 0 Å². The van der Waals surface area contributed by atoms with Crippen molar-refractivity contribution in [1.82, 2.24) is 4.98 Å². The van der Waals surface area contributed by atoms with Crippen LogP contribution in [0.25, 0.3) is 0 Å². The zero-order valence-electron chi connectivity index (χ0n) is 5.57. The van der Waals surface area contributed by atoms with Crippen molar-refractivity contribution in [3.8, 4) is 5.88 Å². The molecule has 0 amide bonds. The van der Waals surface area contributed by atoms with E-state index >= 15 is 0 Å². The molecular formula is C6H4Cl2INO. The molecule has 0 bridgehead atoms.